The van der Waals surface area contributed by atoms with Gasteiger partial charge in [-0.05, 0) is 41.5 Å². The number of amides is 3. The molecule has 0 saturated carbocycles. The summed E-state index contributed by atoms with van der Waals surface area (Å²) >= 11 is 0. The maximum Gasteiger partial charge on any atom is 0.271 e. The Kier molecular flexibility index (Phi) is 5.66. The van der Waals surface area contributed by atoms with Crippen molar-refractivity contribution in [3.05, 3.63) is 95.9 Å². The van der Waals surface area contributed by atoms with E-state index in [2.05, 4.69) is 10.9 Å². The van der Waals surface area contributed by atoms with Gasteiger partial charge in [0.25, 0.3) is 5.91 Å². The van der Waals surface area contributed by atoms with E-state index in [1.165, 1.54) is 11.8 Å². The van der Waals surface area contributed by atoms with Crippen molar-refractivity contribution >= 4 is 23.8 Å². The lowest BCUT2D eigenvalue weighted by atomic mass is 9.93. The standard InChI is InChI=1S/C24H22N4O3/c1-17(29)28-15-12-18-8-2-3-9-19(18)22(28)16-23(30)25-26-24(31)20-10-4-5-11-21(20)27-13-6-7-14-27/h2-15,22H,16H2,1H3,(H,25,30)(H,26,31)/t22-/m0/s1. The lowest BCUT2D eigenvalue weighted by molar-refractivity contribution is -0.130. The van der Waals surface area contributed by atoms with Crippen LogP contribution >= 0.6 is 0 Å². The predicted molar refractivity (Wildman–Crippen MR) is 117 cm³/mol. The molecule has 1 aliphatic rings. The molecule has 156 valence electrons. The van der Waals surface area contributed by atoms with Crippen LogP contribution in [0.2, 0.25) is 0 Å². The van der Waals surface area contributed by atoms with Gasteiger partial charge in [-0.25, -0.2) is 0 Å². The topological polar surface area (TPSA) is 83.4 Å². The molecule has 2 heterocycles. The Balaban J connectivity index is 1.46. The third kappa shape index (κ3) is 4.25. The second kappa shape index (κ2) is 8.71. The zero-order valence-electron chi connectivity index (χ0n) is 17.0. The van der Waals surface area contributed by atoms with E-state index in [9.17, 15) is 14.4 Å². The van der Waals surface area contributed by atoms with E-state index in [-0.39, 0.29) is 12.3 Å². The van der Waals surface area contributed by atoms with Gasteiger partial charge in [0.1, 0.15) is 0 Å². The maximum absolute atomic E-state index is 12.7. The SMILES string of the molecule is CC(=O)N1C=Cc2ccccc2[C@@H]1CC(=O)NNC(=O)c1ccccc1-n1cccc1. The van der Waals surface area contributed by atoms with Gasteiger partial charge in [-0.15, -0.1) is 0 Å². The van der Waals surface area contributed by atoms with Gasteiger partial charge in [0.15, 0.2) is 0 Å². The molecule has 3 amide bonds. The number of rotatable bonds is 4. The van der Waals surface area contributed by atoms with Crippen LogP contribution in [0.4, 0.5) is 0 Å². The fourth-order valence-electron chi connectivity index (χ4n) is 3.72. The number of fused-ring (bicyclic) bond motifs is 1. The Morgan fingerprint density at radius 3 is 2.39 bits per heavy atom. The zero-order valence-corrected chi connectivity index (χ0v) is 17.0. The van der Waals surface area contributed by atoms with Crippen molar-refractivity contribution in [2.75, 3.05) is 0 Å². The summed E-state index contributed by atoms with van der Waals surface area (Å²) in [5.74, 6) is -0.980. The number of nitrogens with zero attached hydrogens (tertiary/aromatic N) is 2. The Hall–Kier alpha value is -4.13. The summed E-state index contributed by atoms with van der Waals surface area (Å²) in [6.45, 7) is 1.46. The maximum atomic E-state index is 12.7. The minimum atomic E-state index is -0.442. The third-order valence-corrected chi connectivity index (χ3v) is 5.19. The van der Waals surface area contributed by atoms with Gasteiger partial charge in [0, 0.05) is 25.5 Å². The van der Waals surface area contributed by atoms with Crippen LogP contribution in [0, 0.1) is 0 Å². The lowest BCUT2D eigenvalue weighted by Crippen LogP contribution is -2.44. The van der Waals surface area contributed by atoms with E-state index in [0.717, 1.165) is 11.1 Å². The first-order valence-electron chi connectivity index (χ1n) is 9.92. The number of hydrogen-bond donors (Lipinski definition) is 2. The summed E-state index contributed by atoms with van der Waals surface area (Å²) in [5, 5.41) is 0. The highest BCUT2D eigenvalue weighted by Crippen LogP contribution is 2.32. The average Bonchev–Trinajstić information content (AvgIpc) is 3.32. The summed E-state index contributed by atoms with van der Waals surface area (Å²) in [6, 6.07) is 18.0. The number of para-hydroxylation sites is 1. The van der Waals surface area contributed by atoms with Gasteiger partial charge in [-0.3, -0.25) is 25.2 Å². The highest BCUT2D eigenvalue weighted by molar-refractivity contribution is 5.98. The number of benzene rings is 2. The fourth-order valence-corrected chi connectivity index (χ4v) is 3.72. The summed E-state index contributed by atoms with van der Waals surface area (Å²) in [4.78, 5) is 39.0. The quantitative estimate of drug-likeness (QED) is 0.643. The minimum Gasteiger partial charge on any atom is -0.323 e. The number of hydrogen-bond acceptors (Lipinski definition) is 3. The molecule has 0 saturated heterocycles. The summed E-state index contributed by atoms with van der Waals surface area (Å²) in [6.07, 6.45) is 7.24. The van der Waals surface area contributed by atoms with E-state index >= 15 is 0 Å². The molecule has 0 unspecified atom stereocenters. The molecule has 3 aromatic rings. The monoisotopic (exact) mass is 414 g/mol. The molecule has 0 fully saturated rings. The average molecular weight is 414 g/mol. The van der Waals surface area contributed by atoms with Crippen LogP contribution in [0.1, 0.15) is 40.9 Å². The van der Waals surface area contributed by atoms with Gasteiger partial charge in [-0.1, -0.05) is 36.4 Å². The second-order valence-electron chi connectivity index (χ2n) is 7.20. The molecule has 0 radical (unpaired) electrons. The van der Waals surface area contributed by atoms with Crippen molar-refractivity contribution in [2.45, 2.75) is 19.4 Å². The third-order valence-electron chi connectivity index (χ3n) is 5.19. The van der Waals surface area contributed by atoms with Crippen molar-refractivity contribution < 1.29 is 14.4 Å². The van der Waals surface area contributed by atoms with Gasteiger partial charge >= 0.3 is 0 Å². The summed E-state index contributed by atoms with van der Waals surface area (Å²) in [5.41, 5.74) is 7.94. The molecule has 7 nitrogen and oxygen atoms in total. The number of nitrogens with one attached hydrogen (secondary N) is 2. The Morgan fingerprint density at radius 2 is 1.61 bits per heavy atom. The molecule has 1 aliphatic heterocycles. The Morgan fingerprint density at radius 1 is 0.903 bits per heavy atom. The summed E-state index contributed by atoms with van der Waals surface area (Å²) < 4.78 is 1.83. The molecule has 1 atom stereocenters. The smallest absolute Gasteiger partial charge is 0.271 e. The van der Waals surface area contributed by atoms with Gasteiger partial charge < -0.3 is 9.47 Å². The van der Waals surface area contributed by atoms with Crippen molar-refractivity contribution in [3.63, 3.8) is 0 Å². The molecule has 0 aliphatic carbocycles. The highest BCUT2D eigenvalue weighted by Gasteiger charge is 2.28. The molecule has 0 bridgehead atoms. The fraction of sp³-hybridized carbons (Fsp3) is 0.125. The molecule has 0 spiro atoms. The molecule has 1 aromatic heterocycles. The first-order chi connectivity index (χ1) is 15.0. The largest absolute Gasteiger partial charge is 0.323 e. The van der Waals surface area contributed by atoms with Crippen LogP contribution in [0.5, 0.6) is 0 Å². The number of carbonyl (C=O) groups is 3. The van der Waals surface area contributed by atoms with Crippen LogP contribution in [0.25, 0.3) is 11.8 Å². The van der Waals surface area contributed by atoms with Crippen LogP contribution in [0.15, 0.2) is 79.3 Å². The number of aromatic nitrogens is 1. The minimum absolute atomic E-state index is 0.0143. The van der Waals surface area contributed by atoms with Gasteiger partial charge in [0.2, 0.25) is 11.8 Å². The van der Waals surface area contributed by atoms with Crippen LogP contribution in [0.3, 0.4) is 0 Å². The summed E-state index contributed by atoms with van der Waals surface area (Å²) in [7, 11) is 0. The lowest BCUT2D eigenvalue weighted by Gasteiger charge is -2.32. The van der Waals surface area contributed by atoms with Crippen LogP contribution in [-0.2, 0) is 9.59 Å². The Bertz CT molecular complexity index is 1150. The van der Waals surface area contributed by atoms with Crippen molar-refractivity contribution in [1.82, 2.24) is 20.3 Å². The van der Waals surface area contributed by atoms with E-state index in [1.54, 1.807) is 18.3 Å². The van der Waals surface area contributed by atoms with Crippen LogP contribution in [-0.4, -0.2) is 27.2 Å². The molecular formula is C24H22N4O3. The van der Waals surface area contributed by atoms with Gasteiger partial charge in [-0.2, -0.15) is 0 Å². The van der Waals surface area contributed by atoms with E-state index < -0.39 is 17.9 Å². The first-order valence-corrected chi connectivity index (χ1v) is 9.92. The van der Waals surface area contributed by atoms with Crippen molar-refractivity contribution in [3.8, 4) is 5.69 Å². The number of hydrazine groups is 1. The first kappa shape index (κ1) is 20.2. The zero-order chi connectivity index (χ0) is 21.8. The van der Waals surface area contributed by atoms with Crippen molar-refractivity contribution in [2.24, 2.45) is 0 Å². The molecule has 4 rings (SSSR count). The predicted octanol–water partition coefficient (Wildman–Crippen LogP) is 3.20. The molecular weight excluding hydrogens is 392 g/mol. The molecule has 7 heteroatoms. The number of carbonyl (C=O) groups excluding carboxylic acids is 3. The highest BCUT2D eigenvalue weighted by atomic mass is 16.2. The van der Waals surface area contributed by atoms with Gasteiger partial charge in [0.05, 0.1) is 23.7 Å². The van der Waals surface area contributed by atoms with E-state index in [0.29, 0.717) is 11.3 Å². The van der Waals surface area contributed by atoms with E-state index in [1.807, 2.05) is 71.6 Å². The Labute approximate surface area is 180 Å². The molecule has 2 aromatic carbocycles. The second-order valence-corrected chi connectivity index (χ2v) is 7.20. The molecule has 31 heavy (non-hydrogen) atoms. The normalized spacial score (nSPS) is 14.6. The van der Waals surface area contributed by atoms with Crippen molar-refractivity contribution in [1.29, 1.82) is 0 Å². The van der Waals surface area contributed by atoms with Crippen LogP contribution < -0.4 is 10.9 Å². The van der Waals surface area contributed by atoms with E-state index in [4.69, 9.17) is 0 Å². The molecule has 2 N–H and O–H groups in total.